The van der Waals surface area contributed by atoms with Gasteiger partial charge in [0, 0.05) is 0 Å². The van der Waals surface area contributed by atoms with Crippen molar-refractivity contribution in [1.29, 1.82) is 0 Å². The molecule has 7 heteroatoms. The van der Waals surface area contributed by atoms with E-state index in [1.165, 1.54) is 6.26 Å². The molecule has 1 amide bonds. The number of hydrogen-bond acceptors (Lipinski definition) is 5. The van der Waals surface area contributed by atoms with Gasteiger partial charge < -0.3 is 14.8 Å². The van der Waals surface area contributed by atoms with Crippen LogP contribution in [0.4, 0.5) is 0 Å². The molecule has 0 bridgehead atoms. The van der Waals surface area contributed by atoms with Crippen LogP contribution in [-0.4, -0.2) is 32.6 Å². The summed E-state index contributed by atoms with van der Waals surface area (Å²) >= 11 is 0. The lowest BCUT2D eigenvalue weighted by Gasteiger charge is -2.13. The van der Waals surface area contributed by atoms with Gasteiger partial charge in [-0.05, 0) is 38.1 Å². The molecule has 0 saturated carbocycles. The van der Waals surface area contributed by atoms with Crippen LogP contribution in [0.3, 0.4) is 0 Å². The van der Waals surface area contributed by atoms with Crippen molar-refractivity contribution in [3.05, 3.63) is 65.4 Å². The Bertz CT molecular complexity index is 822. The Morgan fingerprint density at radius 3 is 2.67 bits per heavy atom. The Morgan fingerprint density at radius 2 is 2.04 bits per heavy atom. The molecule has 2 N–H and O–H groups in total. The van der Waals surface area contributed by atoms with Gasteiger partial charge in [-0.25, -0.2) is 4.68 Å². The van der Waals surface area contributed by atoms with Gasteiger partial charge in [0.2, 0.25) is 0 Å². The summed E-state index contributed by atoms with van der Waals surface area (Å²) in [6, 6.07) is 10.5. The van der Waals surface area contributed by atoms with Crippen LogP contribution < -0.4 is 5.32 Å². The fraction of sp³-hybridized carbons (Fsp3) is 0.235. The fourth-order valence-corrected chi connectivity index (χ4v) is 2.39. The van der Waals surface area contributed by atoms with E-state index in [1.54, 1.807) is 23.7 Å². The molecule has 0 saturated heterocycles. The molecule has 24 heavy (non-hydrogen) atoms. The van der Waals surface area contributed by atoms with Gasteiger partial charge in [0.1, 0.15) is 11.8 Å². The van der Waals surface area contributed by atoms with Crippen LogP contribution >= 0.6 is 0 Å². The van der Waals surface area contributed by atoms with Crippen LogP contribution in [0.5, 0.6) is 0 Å². The van der Waals surface area contributed by atoms with Gasteiger partial charge in [-0.3, -0.25) is 4.79 Å². The van der Waals surface area contributed by atoms with Gasteiger partial charge in [0.15, 0.2) is 5.69 Å². The van der Waals surface area contributed by atoms with E-state index < -0.39 is 11.9 Å². The highest BCUT2D eigenvalue weighted by Crippen LogP contribution is 2.16. The maximum Gasteiger partial charge on any atom is 0.274 e. The maximum atomic E-state index is 12.4. The van der Waals surface area contributed by atoms with Crippen LogP contribution in [0, 0.1) is 13.8 Å². The molecule has 7 nitrogen and oxygen atoms in total. The van der Waals surface area contributed by atoms with Crippen molar-refractivity contribution in [2.45, 2.75) is 19.9 Å². The third kappa shape index (κ3) is 3.07. The molecule has 1 unspecified atom stereocenters. The minimum Gasteiger partial charge on any atom is -0.467 e. The number of aliphatic hydroxyl groups excluding tert-OH is 1. The first-order valence-corrected chi connectivity index (χ1v) is 7.54. The number of nitrogens with zero attached hydrogens (tertiary/aromatic N) is 3. The standard InChI is InChI=1S/C17H18N4O3/c1-11-5-7-13(8-6-11)21-12(2)16(19-20-21)17(23)18-14(10-22)15-4-3-9-24-15/h3-9,14,22H,10H2,1-2H3,(H,18,23). The molecule has 2 heterocycles. The monoisotopic (exact) mass is 326 g/mol. The highest BCUT2D eigenvalue weighted by molar-refractivity contribution is 5.93. The van der Waals surface area contributed by atoms with Gasteiger partial charge in [-0.1, -0.05) is 22.9 Å². The molecule has 0 radical (unpaired) electrons. The van der Waals surface area contributed by atoms with Gasteiger partial charge in [0.25, 0.3) is 5.91 Å². The lowest BCUT2D eigenvalue weighted by molar-refractivity contribution is 0.0901. The smallest absolute Gasteiger partial charge is 0.274 e. The minimum atomic E-state index is -0.628. The Hall–Kier alpha value is -2.93. The lowest BCUT2D eigenvalue weighted by Crippen LogP contribution is -2.31. The van der Waals surface area contributed by atoms with Crippen molar-refractivity contribution in [3.8, 4) is 5.69 Å². The summed E-state index contributed by atoms with van der Waals surface area (Å²) in [5.74, 6) is 0.0655. The lowest BCUT2D eigenvalue weighted by atomic mass is 10.2. The Balaban J connectivity index is 1.82. The van der Waals surface area contributed by atoms with Crippen LogP contribution in [0.2, 0.25) is 0 Å². The molecule has 124 valence electrons. The molecule has 1 aromatic carbocycles. The zero-order valence-electron chi connectivity index (χ0n) is 13.4. The number of hydrogen-bond donors (Lipinski definition) is 2. The number of aromatic nitrogens is 3. The van der Waals surface area contributed by atoms with Crippen LogP contribution in [-0.2, 0) is 0 Å². The molecule has 1 atom stereocenters. The summed E-state index contributed by atoms with van der Waals surface area (Å²) in [7, 11) is 0. The first-order valence-electron chi connectivity index (χ1n) is 7.54. The predicted octanol–water partition coefficient (Wildman–Crippen LogP) is 1.94. The van der Waals surface area contributed by atoms with E-state index in [-0.39, 0.29) is 12.3 Å². The van der Waals surface area contributed by atoms with Gasteiger partial charge in [-0.2, -0.15) is 0 Å². The number of carbonyl (C=O) groups is 1. The average Bonchev–Trinajstić information content (AvgIpc) is 3.23. The van der Waals surface area contributed by atoms with Crippen LogP contribution in [0.1, 0.15) is 33.5 Å². The molecule has 0 aliphatic carbocycles. The third-order valence-corrected chi connectivity index (χ3v) is 3.76. The summed E-state index contributed by atoms with van der Waals surface area (Å²) in [4.78, 5) is 12.4. The van der Waals surface area contributed by atoms with Crippen molar-refractivity contribution in [2.75, 3.05) is 6.61 Å². The van der Waals surface area contributed by atoms with Crippen molar-refractivity contribution in [1.82, 2.24) is 20.3 Å². The molecule has 0 aliphatic rings. The molecule has 0 spiro atoms. The second-order valence-electron chi connectivity index (χ2n) is 5.49. The Kier molecular flexibility index (Phi) is 4.43. The summed E-state index contributed by atoms with van der Waals surface area (Å²) < 4.78 is 6.83. The van der Waals surface area contributed by atoms with E-state index in [0.29, 0.717) is 11.5 Å². The summed E-state index contributed by atoms with van der Waals surface area (Å²) in [6.07, 6.45) is 1.49. The number of aliphatic hydroxyl groups is 1. The molecule has 0 aliphatic heterocycles. The third-order valence-electron chi connectivity index (χ3n) is 3.76. The second kappa shape index (κ2) is 6.67. The predicted molar refractivity (Wildman–Crippen MR) is 86.8 cm³/mol. The largest absolute Gasteiger partial charge is 0.467 e. The summed E-state index contributed by atoms with van der Waals surface area (Å²) in [5, 5.41) is 20.2. The van der Waals surface area contributed by atoms with Crippen molar-refractivity contribution < 1.29 is 14.3 Å². The van der Waals surface area contributed by atoms with Crippen LogP contribution in [0.25, 0.3) is 5.69 Å². The van der Waals surface area contributed by atoms with Crippen LogP contribution in [0.15, 0.2) is 47.1 Å². The van der Waals surface area contributed by atoms with E-state index in [2.05, 4.69) is 15.6 Å². The number of furan rings is 1. The van der Waals surface area contributed by atoms with E-state index in [0.717, 1.165) is 11.3 Å². The molecule has 2 aromatic heterocycles. The zero-order valence-corrected chi connectivity index (χ0v) is 13.4. The summed E-state index contributed by atoms with van der Waals surface area (Å²) in [6.45, 7) is 3.50. The van der Waals surface area contributed by atoms with Crippen molar-refractivity contribution >= 4 is 5.91 Å². The SMILES string of the molecule is Cc1ccc(-n2nnc(C(=O)NC(CO)c3ccco3)c2C)cc1. The van der Waals surface area contributed by atoms with E-state index >= 15 is 0 Å². The first kappa shape index (κ1) is 15.9. The molecule has 3 rings (SSSR count). The van der Waals surface area contributed by atoms with Gasteiger partial charge >= 0.3 is 0 Å². The highest BCUT2D eigenvalue weighted by Gasteiger charge is 2.22. The first-order chi connectivity index (χ1) is 11.6. The molecule has 3 aromatic rings. The second-order valence-corrected chi connectivity index (χ2v) is 5.49. The minimum absolute atomic E-state index is 0.209. The fourth-order valence-electron chi connectivity index (χ4n) is 2.39. The number of rotatable bonds is 5. The number of benzene rings is 1. The molecule has 0 fully saturated rings. The zero-order chi connectivity index (χ0) is 17.1. The maximum absolute atomic E-state index is 12.4. The van der Waals surface area contributed by atoms with E-state index in [1.807, 2.05) is 31.2 Å². The van der Waals surface area contributed by atoms with E-state index in [9.17, 15) is 9.90 Å². The molecular formula is C17H18N4O3. The summed E-state index contributed by atoms with van der Waals surface area (Å²) in [5.41, 5.74) is 2.79. The molecular weight excluding hydrogens is 308 g/mol. The van der Waals surface area contributed by atoms with E-state index in [4.69, 9.17) is 4.42 Å². The number of amides is 1. The number of aryl methyl sites for hydroxylation is 1. The average molecular weight is 326 g/mol. The number of nitrogens with one attached hydrogen (secondary N) is 1. The Labute approximate surface area is 138 Å². The topological polar surface area (TPSA) is 93.2 Å². The number of carbonyl (C=O) groups excluding carboxylic acids is 1. The van der Waals surface area contributed by atoms with Gasteiger partial charge in [0.05, 0.1) is 24.3 Å². The quantitative estimate of drug-likeness (QED) is 0.747. The highest BCUT2D eigenvalue weighted by atomic mass is 16.3. The van der Waals surface area contributed by atoms with Crippen molar-refractivity contribution in [3.63, 3.8) is 0 Å². The normalized spacial score (nSPS) is 12.1. The van der Waals surface area contributed by atoms with Crippen molar-refractivity contribution in [2.24, 2.45) is 0 Å². The Morgan fingerprint density at radius 1 is 1.29 bits per heavy atom. The van der Waals surface area contributed by atoms with Gasteiger partial charge in [-0.15, -0.1) is 5.10 Å².